The fourth-order valence-electron chi connectivity index (χ4n) is 1.22. The molecule has 104 valence electrons. The normalized spacial score (nSPS) is 10.9. The third-order valence-corrected chi connectivity index (χ3v) is 2.18. The number of hydrogen-bond donors (Lipinski definition) is 0. The van der Waals surface area contributed by atoms with Crippen molar-refractivity contribution >= 4 is 11.9 Å². The number of ether oxygens (including phenoxy) is 2. The lowest BCUT2D eigenvalue weighted by Crippen LogP contribution is -2.29. The van der Waals surface area contributed by atoms with Gasteiger partial charge in [0.1, 0.15) is 0 Å². The van der Waals surface area contributed by atoms with Gasteiger partial charge in [-0.25, -0.2) is 9.59 Å². The maximum absolute atomic E-state index is 12.4. The van der Waals surface area contributed by atoms with Crippen LogP contribution in [0.1, 0.15) is 12.5 Å². The van der Waals surface area contributed by atoms with Gasteiger partial charge in [-0.2, -0.15) is 8.78 Å². The van der Waals surface area contributed by atoms with Crippen LogP contribution in [0.5, 0.6) is 0 Å². The highest BCUT2D eigenvalue weighted by molar-refractivity contribution is 5.80. The Labute approximate surface area is 109 Å². The minimum Gasteiger partial charge on any atom is -0.463 e. The zero-order valence-corrected chi connectivity index (χ0v) is 10.4. The molecule has 1 aromatic rings. The smallest absolute Gasteiger partial charge is 0.377 e. The molecule has 0 spiro atoms. The first kappa shape index (κ1) is 15.1. The van der Waals surface area contributed by atoms with Crippen LogP contribution in [0, 0.1) is 0 Å². The van der Waals surface area contributed by atoms with Gasteiger partial charge in [-0.3, -0.25) is 0 Å². The fraction of sp³-hybridized carbons (Fsp3) is 0.385. The molecule has 0 aliphatic heterocycles. The predicted octanol–water partition coefficient (Wildman–Crippen LogP) is 1.97. The maximum Gasteiger partial charge on any atom is 0.377 e. The lowest BCUT2D eigenvalue weighted by Gasteiger charge is -2.09. The number of hydrogen-bond acceptors (Lipinski definition) is 4. The zero-order valence-electron chi connectivity index (χ0n) is 10.4. The van der Waals surface area contributed by atoms with Crippen molar-refractivity contribution in [2.24, 2.45) is 0 Å². The van der Waals surface area contributed by atoms with E-state index in [1.165, 1.54) is 0 Å². The number of rotatable bonds is 6. The van der Waals surface area contributed by atoms with Crippen molar-refractivity contribution in [1.82, 2.24) is 0 Å². The number of alkyl halides is 2. The molecule has 1 aromatic carbocycles. The van der Waals surface area contributed by atoms with Crippen LogP contribution in [-0.4, -0.2) is 31.1 Å². The fourth-order valence-corrected chi connectivity index (χ4v) is 1.22. The van der Waals surface area contributed by atoms with Crippen molar-refractivity contribution in [1.29, 1.82) is 0 Å². The van der Waals surface area contributed by atoms with Gasteiger partial charge in [0.15, 0.2) is 6.61 Å². The molecule has 6 heteroatoms. The van der Waals surface area contributed by atoms with E-state index in [0.29, 0.717) is 13.3 Å². The highest BCUT2D eigenvalue weighted by Gasteiger charge is 2.34. The lowest BCUT2D eigenvalue weighted by molar-refractivity contribution is -0.175. The summed E-state index contributed by atoms with van der Waals surface area (Å²) < 4.78 is 33.7. The molecule has 0 unspecified atom stereocenters. The SMILES string of the molecule is CC(F)(F)C(=O)OCC(=O)OCCc1ccccc1. The molecule has 0 saturated heterocycles. The van der Waals surface area contributed by atoms with E-state index in [9.17, 15) is 18.4 Å². The highest BCUT2D eigenvalue weighted by atomic mass is 19.3. The first-order valence-electron chi connectivity index (χ1n) is 5.64. The van der Waals surface area contributed by atoms with Crippen LogP contribution in [0.15, 0.2) is 30.3 Å². The summed E-state index contributed by atoms with van der Waals surface area (Å²) in [7, 11) is 0. The summed E-state index contributed by atoms with van der Waals surface area (Å²) >= 11 is 0. The summed E-state index contributed by atoms with van der Waals surface area (Å²) in [6.07, 6.45) is 0.504. The van der Waals surface area contributed by atoms with Crippen LogP contribution >= 0.6 is 0 Å². The van der Waals surface area contributed by atoms with E-state index in [1.807, 2.05) is 30.3 Å². The molecule has 0 atom stereocenters. The Morgan fingerprint density at radius 2 is 1.79 bits per heavy atom. The largest absolute Gasteiger partial charge is 0.463 e. The van der Waals surface area contributed by atoms with E-state index < -0.39 is 24.5 Å². The Balaban J connectivity index is 2.20. The molecule has 0 aliphatic rings. The molecule has 1 rings (SSSR count). The molecule has 0 amide bonds. The van der Waals surface area contributed by atoms with E-state index in [1.54, 1.807) is 0 Å². The van der Waals surface area contributed by atoms with Crippen LogP contribution < -0.4 is 0 Å². The van der Waals surface area contributed by atoms with Gasteiger partial charge in [0.2, 0.25) is 0 Å². The summed E-state index contributed by atoms with van der Waals surface area (Å²) in [5.74, 6) is -6.20. The van der Waals surface area contributed by atoms with Gasteiger partial charge >= 0.3 is 17.9 Å². The van der Waals surface area contributed by atoms with Crippen molar-refractivity contribution in [3.05, 3.63) is 35.9 Å². The van der Waals surface area contributed by atoms with Crippen molar-refractivity contribution in [2.75, 3.05) is 13.2 Å². The van der Waals surface area contributed by atoms with Crippen LogP contribution in [0.4, 0.5) is 8.78 Å². The molecule has 0 heterocycles. The lowest BCUT2D eigenvalue weighted by atomic mass is 10.2. The predicted molar refractivity (Wildman–Crippen MR) is 62.7 cm³/mol. The van der Waals surface area contributed by atoms with Crippen LogP contribution in [0.3, 0.4) is 0 Å². The third-order valence-electron chi connectivity index (χ3n) is 2.18. The molecule has 19 heavy (non-hydrogen) atoms. The Morgan fingerprint density at radius 3 is 2.37 bits per heavy atom. The molecule has 0 N–H and O–H groups in total. The van der Waals surface area contributed by atoms with Crippen molar-refractivity contribution in [3.8, 4) is 0 Å². The molecule has 0 aliphatic carbocycles. The van der Waals surface area contributed by atoms with E-state index in [4.69, 9.17) is 4.74 Å². The average molecular weight is 272 g/mol. The first-order chi connectivity index (χ1) is 8.89. The molecular weight excluding hydrogens is 258 g/mol. The maximum atomic E-state index is 12.4. The Hall–Kier alpha value is -1.98. The third kappa shape index (κ3) is 5.94. The summed E-state index contributed by atoms with van der Waals surface area (Å²) in [6, 6.07) is 9.29. The number of esters is 2. The van der Waals surface area contributed by atoms with Crippen LogP contribution in [-0.2, 0) is 25.5 Å². The van der Waals surface area contributed by atoms with Gasteiger partial charge in [0.05, 0.1) is 6.61 Å². The number of carbonyl (C=O) groups excluding carboxylic acids is 2. The van der Waals surface area contributed by atoms with Crippen molar-refractivity contribution in [2.45, 2.75) is 19.3 Å². The zero-order chi connectivity index (χ0) is 14.3. The van der Waals surface area contributed by atoms with E-state index in [0.717, 1.165) is 5.56 Å². The van der Waals surface area contributed by atoms with Crippen molar-refractivity contribution < 1.29 is 27.8 Å². The van der Waals surface area contributed by atoms with Crippen LogP contribution in [0.25, 0.3) is 0 Å². The number of benzene rings is 1. The van der Waals surface area contributed by atoms with Gasteiger partial charge in [0, 0.05) is 13.3 Å². The topological polar surface area (TPSA) is 52.6 Å². The van der Waals surface area contributed by atoms with Gasteiger partial charge < -0.3 is 9.47 Å². The van der Waals surface area contributed by atoms with E-state index in [2.05, 4.69) is 4.74 Å². The standard InChI is InChI=1S/C13H14F2O4/c1-13(14,15)12(17)19-9-11(16)18-8-7-10-5-3-2-4-6-10/h2-6H,7-9H2,1H3. The van der Waals surface area contributed by atoms with E-state index >= 15 is 0 Å². The molecule has 0 radical (unpaired) electrons. The minimum absolute atomic E-state index is 0.100. The van der Waals surface area contributed by atoms with Gasteiger partial charge in [-0.15, -0.1) is 0 Å². The number of carbonyl (C=O) groups is 2. The second-order valence-electron chi connectivity index (χ2n) is 3.92. The average Bonchev–Trinajstić information content (AvgIpc) is 2.36. The summed E-state index contributed by atoms with van der Waals surface area (Å²) in [5.41, 5.74) is 0.979. The van der Waals surface area contributed by atoms with Gasteiger partial charge in [0.25, 0.3) is 0 Å². The van der Waals surface area contributed by atoms with Gasteiger partial charge in [-0.05, 0) is 5.56 Å². The van der Waals surface area contributed by atoms with Gasteiger partial charge in [-0.1, -0.05) is 30.3 Å². The molecule has 0 bridgehead atoms. The first-order valence-corrected chi connectivity index (χ1v) is 5.64. The summed E-state index contributed by atoms with van der Waals surface area (Å²) in [5, 5.41) is 0. The van der Waals surface area contributed by atoms with Crippen LogP contribution in [0.2, 0.25) is 0 Å². The second-order valence-corrected chi connectivity index (χ2v) is 3.92. The molecule has 0 aromatic heterocycles. The molecular formula is C13H14F2O4. The highest BCUT2D eigenvalue weighted by Crippen LogP contribution is 2.13. The molecule has 0 saturated carbocycles. The summed E-state index contributed by atoms with van der Waals surface area (Å²) in [6.45, 7) is -0.309. The quantitative estimate of drug-likeness (QED) is 0.743. The minimum atomic E-state index is -3.61. The second kappa shape index (κ2) is 6.82. The monoisotopic (exact) mass is 272 g/mol. The Kier molecular flexibility index (Phi) is 5.41. The Bertz CT molecular complexity index is 426. The van der Waals surface area contributed by atoms with E-state index in [-0.39, 0.29) is 6.61 Å². The molecule has 0 fully saturated rings. The van der Waals surface area contributed by atoms with Crippen molar-refractivity contribution in [3.63, 3.8) is 0 Å². The Morgan fingerprint density at radius 1 is 1.16 bits per heavy atom. The molecule has 4 nitrogen and oxygen atoms in total. The summed E-state index contributed by atoms with van der Waals surface area (Å²) in [4.78, 5) is 21.8. The number of halogens is 2.